The first-order chi connectivity index (χ1) is 11.7. The average Bonchev–Trinajstić information content (AvgIpc) is 3.43. The van der Waals surface area contributed by atoms with E-state index in [0.717, 1.165) is 31.5 Å². The number of piperazine rings is 1. The zero-order chi connectivity index (χ0) is 16.8. The molecule has 1 heterocycles. The molecule has 0 spiro atoms. The van der Waals surface area contributed by atoms with Crippen LogP contribution in [0.5, 0.6) is 0 Å². The van der Waals surface area contributed by atoms with Crippen molar-refractivity contribution in [1.29, 1.82) is 0 Å². The Morgan fingerprint density at radius 3 is 2.33 bits per heavy atom. The van der Waals surface area contributed by atoms with E-state index < -0.39 is 0 Å². The maximum atomic E-state index is 4.29. The van der Waals surface area contributed by atoms with Crippen molar-refractivity contribution in [2.24, 2.45) is 10.9 Å². The van der Waals surface area contributed by atoms with Gasteiger partial charge in [0.1, 0.15) is 0 Å². The molecular formula is C19H31N5. The van der Waals surface area contributed by atoms with Gasteiger partial charge in [0.25, 0.3) is 0 Å². The van der Waals surface area contributed by atoms with E-state index in [4.69, 9.17) is 0 Å². The fourth-order valence-electron chi connectivity index (χ4n) is 3.00. The lowest BCUT2D eigenvalue weighted by atomic mass is 10.1. The minimum atomic E-state index is 0.819. The molecule has 0 unspecified atom stereocenters. The van der Waals surface area contributed by atoms with Gasteiger partial charge in [-0.3, -0.25) is 9.89 Å². The number of rotatable bonds is 6. The zero-order valence-electron chi connectivity index (χ0n) is 15.1. The maximum Gasteiger partial charge on any atom is 0.191 e. The second-order valence-corrected chi connectivity index (χ2v) is 7.15. The van der Waals surface area contributed by atoms with Gasteiger partial charge in [-0.25, -0.2) is 0 Å². The standard InChI is InChI=1S/C19H31N5/c1-20-19(21-13-16-3-4-16)22-14-17-5-7-18(8-6-17)15-24-11-9-23(2)10-12-24/h5-8,16H,3-4,9-15H2,1-2H3,(H2,20,21,22). The molecule has 132 valence electrons. The largest absolute Gasteiger partial charge is 0.356 e. The van der Waals surface area contributed by atoms with E-state index in [1.807, 2.05) is 7.05 Å². The Hall–Kier alpha value is -1.59. The molecule has 2 fully saturated rings. The van der Waals surface area contributed by atoms with E-state index in [2.05, 4.69) is 56.7 Å². The molecule has 0 radical (unpaired) electrons. The number of benzene rings is 1. The summed E-state index contributed by atoms with van der Waals surface area (Å²) in [6.07, 6.45) is 2.72. The molecule has 1 aliphatic heterocycles. The third-order valence-corrected chi connectivity index (χ3v) is 4.96. The minimum Gasteiger partial charge on any atom is -0.356 e. The topological polar surface area (TPSA) is 42.9 Å². The fourth-order valence-corrected chi connectivity index (χ4v) is 3.00. The molecule has 1 aromatic carbocycles. The van der Waals surface area contributed by atoms with Crippen LogP contribution in [0.25, 0.3) is 0 Å². The van der Waals surface area contributed by atoms with Gasteiger partial charge in [0.05, 0.1) is 0 Å². The highest BCUT2D eigenvalue weighted by Crippen LogP contribution is 2.27. The van der Waals surface area contributed by atoms with Crippen molar-refractivity contribution in [1.82, 2.24) is 20.4 Å². The van der Waals surface area contributed by atoms with Crippen LogP contribution in [0.1, 0.15) is 24.0 Å². The van der Waals surface area contributed by atoms with Gasteiger partial charge in [-0.05, 0) is 36.9 Å². The molecule has 1 saturated carbocycles. The van der Waals surface area contributed by atoms with E-state index in [1.54, 1.807) is 0 Å². The molecule has 3 rings (SSSR count). The van der Waals surface area contributed by atoms with Gasteiger partial charge in [0, 0.05) is 52.9 Å². The fraction of sp³-hybridized carbons (Fsp3) is 0.632. The van der Waals surface area contributed by atoms with Gasteiger partial charge in [0.2, 0.25) is 0 Å². The summed E-state index contributed by atoms with van der Waals surface area (Å²) in [5.74, 6) is 1.76. The SMILES string of the molecule is CN=C(NCc1ccc(CN2CCN(C)CC2)cc1)NCC1CC1. The van der Waals surface area contributed by atoms with Crippen molar-refractivity contribution in [2.75, 3.05) is 46.8 Å². The molecule has 0 bridgehead atoms. The number of hydrogen-bond acceptors (Lipinski definition) is 3. The van der Waals surface area contributed by atoms with Crippen LogP contribution in [0, 0.1) is 5.92 Å². The third-order valence-electron chi connectivity index (χ3n) is 4.96. The van der Waals surface area contributed by atoms with Crippen LogP contribution in [0.4, 0.5) is 0 Å². The molecule has 0 atom stereocenters. The third kappa shape index (κ3) is 5.49. The first-order valence-electron chi connectivity index (χ1n) is 9.16. The Labute approximate surface area is 146 Å². The molecule has 0 aromatic heterocycles. The van der Waals surface area contributed by atoms with E-state index in [1.165, 1.54) is 50.1 Å². The summed E-state index contributed by atoms with van der Waals surface area (Å²) in [5, 5.41) is 6.80. The Morgan fingerprint density at radius 2 is 1.71 bits per heavy atom. The lowest BCUT2D eigenvalue weighted by molar-refractivity contribution is 0.148. The number of likely N-dealkylation sites (N-methyl/N-ethyl adjacent to an activating group) is 1. The van der Waals surface area contributed by atoms with Crippen LogP contribution < -0.4 is 10.6 Å². The summed E-state index contributed by atoms with van der Waals surface area (Å²) < 4.78 is 0. The van der Waals surface area contributed by atoms with Crippen LogP contribution in [0.2, 0.25) is 0 Å². The van der Waals surface area contributed by atoms with E-state index >= 15 is 0 Å². The second kappa shape index (κ2) is 8.49. The van der Waals surface area contributed by atoms with Crippen molar-refractivity contribution in [2.45, 2.75) is 25.9 Å². The average molecular weight is 329 g/mol. The van der Waals surface area contributed by atoms with Gasteiger partial charge in [-0.2, -0.15) is 0 Å². The van der Waals surface area contributed by atoms with Crippen LogP contribution in [-0.4, -0.2) is 62.6 Å². The first-order valence-corrected chi connectivity index (χ1v) is 9.16. The summed E-state index contributed by atoms with van der Waals surface area (Å²) in [4.78, 5) is 9.22. The van der Waals surface area contributed by atoms with Crippen molar-refractivity contribution in [3.63, 3.8) is 0 Å². The first kappa shape index (κ1) is 17.2. The van der Waals surface area contributed by atoms with Gasteiger partial charge in [0.15, 0.2) is 5.96 Å². The summed E-state index contributed by atoms with van der Waals surface area (Å²) in [7, 11) is 4.04. The predicted octanol–water partition coefficient (Wildman–Crippen LogP) is 1.51. The number of guanidine groups is 1. The molecule has 2 aliphatic rings. The maximum absolute atomic E-state index is 4.29. The quantitative estimate of drug-likeness (QED) is 0.613. The van der Waals surface area contributed by atoms with Crippen molar-refractivity contribution in [3.8, 4) is 0 Å². The Kier molecular flexibility index (Phi) is 6.10. The summed E-state index contributed by atoms with van der Waals surface area (Å²) in [5.41, 5.74) is 2.70. The monoisotopic (exact) mass is 329 g/mol. The predicted molar refractivity (Wildman–Crippen MR) is 100 cm³/mol. The Balaban J connectivity index is 1.42. The second-order valence-electron chi connectivity index (χ2n) is 7.15. The Bertz CT molecular complexity index is 527. The number of aliphatic imine (C=N–C) groups is 1. The smallest absolute Gasteiger partial charge is 0.191 e. The van der Waals surface area contributed by atoms with E-state index in [0.29, 0.717) is 0 Å². The van der Waals surface area contributed by atoms with Crippen LogP contribution >= 0.6 is 0 Å². The highest BCUT2D eigenvalue weighted by Gasteiger charge is 2.21. The highest BCUT2D eigenvalue weighted by atomic mass is 15.2. The van der Waals surface area contributed by atoms with Crippen LogP contribution in [0.3, 0.4) is 0 Å². The minimum absolute atomic E-state index is 0.819. The van der Waals surface area contributed by atoms with E-state index in [-0.39, 0.29) is 0 Å². The summed E-state index contributed by atoms with van der Waals surface area (Å²) in [6.45, 7) is 7.62. The van der Waals surface area contributed by atoms with Crippen molar-refractivity contribution >= 4 is 5.96 Å². The van der Waals surface area contributed by atoms with Crippen molar-refractivity contribution < 1.29 is 0 Å². The van der Waals surface area contributed by atoms with Gasteiger partial charge in [-0.1, -0.05) is 24.3 Å². The van der Waals surface area contributed by atoms with Crippen LogP contribution in [0.15, 0.2) is 29.3 Å². The van der Waals surface area contributed by atoms with Gasteiger partial charge in [-0.15, -0.1) is 0 Å². The molecule has 1 saturated heterocycles. The summed E-state index contributed by atoms with van der Waals surface area (Å²) >= 11 is 0. The van der Waals surface area contributed by atoms with E-state index in [9.17, 15) is 0 Å². The molecule has 2 N–H and O–H groups in total. The molecule has 5 heteroatoms. The Morgan fingerprint density at radius 1 is 1.04 bits per heavy atom. The summed E-state index contributed by atoms with van der Waals surface area (Å²) in [6, 6.07) is 8.98. The molecule has 1 aliphatic carbocycles. The van der Waals surface area contributed by atoms with Crippen LogP contribution in [-0.2, 0) is 13.1 Å². The number of nitrogens with one attached hydrogen (secondary N) is 2. The normalized spacial score (nSPS) is 20.2. The van der Waals surface area contributed by atoms with Gasteiger partial charge < -0.3 is 15.5 Å². The zero-order valence-corrected chi connectivity index (χ0v) is 15.1. The number of nitrogens with zero attached hydrogens (tertiary/aromatic N) is 3. The lowest BCUT2D eigenvalue weighted by Gasteiger charge is -2.32. The molecule has 0 amide bonds. The molecular weight excluding hydrogens is 298 g/mol. The molecule has 24 heavy (non-hydrogen) atoms. The number of hydrogen-bond donors (Lipinski definition) is 2. The molecule has 5 nitrogen and oxygen atoms in total. The highest BCUT2D eigenvalue weighted by molar-refractivity contribution is 5.79. The van der Waals surface area contributed by atoms with Crippen molar-refractivity contribution in [3.05, 3.63) is 35.4 Å². The van der Waals surface area contributed by atoms with Gasteiger partial charge >= 0.3 is 0 Å². The lowest BCUT2D eigenvalue weighted by Crippen LogP contribution is -2.43. The molecule has 1 aromatic rings.